The van der Waals surface area contributed by atoms with Crippen LogP contribution in [0.1, 0.15) is 50.2 Å². The lowest BCUT2D eigenvalue weighted by Gasteiger charge is -2.27. The van der Waals surface area contributed by atoms with Crippen LogP contribution in [0.2, 0.25) is 0 Å². The summed E-state index contributed by atoms with van der Waals surface area (Å²) in [5.41, 5.74) is 18.6. The predicted molar refractivity (Wildman–Crippen MR) is 284 cm³/mol. The number of carboxylic acid groups (broad SMARTS) is 4. The highest BCUT2D eigenvalue weighted by atomic mass is 32.2. The number of carbonyl (C=O) groups excluding carboxylic acids is 2. The number of esters is 2. The maximum absolute atomic E-state index is 13.5. The van der Waals surface area contributed by atoms with Gasteiger partial charge in [-0.05, 0) is 83.8 Å². The van der Waals surface area contributed by atoms with Gasteiger partial charge in [0.15, 0.2) is 5.96 Å². The molecule has 12 N–H and O–H groups in total. The quantitative estimate of drug-likeness (QED) is 0.00991. The number of amidine groups is 1. The molecule has 2 atom stereocenters. The molecule has 4 rings (SSSR count). The van der Waals surface area contributed by atoms with Gasteiger partial charge in [0.2, 0.25) is 10.0 Å². The average Bonchev–Trinajstić information content (AvgIpc) is 3.44. The fourth-order valence-electron chi connectivity index (χ4n) is 7.11. The Morgan fingerprint density at radius 1 is 0.550 bits per heavy atom. The van der Waals surface area contributed by atoms with E-state index < -0.39 is 99.8 Å². The molecule has 0 aliphatic carbocycles. The molecule has 4 aromatic carbocycles. The van der Waals surface area contributed by atoms with Crippen molar-refractivity contribution < 1.29 is 94.5 Å². The van der Waals surface area contributed by atoms with E-state index in [0.29, 0.717) is 25.4 Å². The van der Waals surface area contributed by atoms with Gasteiger partial charge in [-0.3, -0.25) is 24.6 Å². The standard InChI is InChI=1S/C50H62N8O20S2/c51-43(52)29-34-1-7-36(8-2-34)48(67)77-39-13-3-33(4-14-39)17-28-79(69,70)57(41(46(63)64)30-44(59)60)18-20-73-22-24-75-26-27-76-25-23-74-21-19-58(42(47(65)66)31-45(61)62)80(71,72)55-32-35-5-15-40(16-6-35)78-49(68)37-9-11-38(12-10-37)56-50(53)54/h1-16,41-42,55H,17-32H2,(H3,51,52)(H,59,60)(H,61,62)(H,63,64)(H,65,66)(H4,53,54,56)/t41-,42-/m0/s1. The van der Waals surface area contributed by atoms with Gasteiger partial charge in [-0.2, -0.15) is 21.8 Å². The number of benzene rings is 4. The molecule has 0 amide bonds. The van der Waals surface area contributed by atoms with E-state index in [1.807, 2.05) is 0 Å². The van der Waals surface area contributed by atoms with Gasteiger partial charge in [0.1, 0.15) is 23.6 Å². The highest BCUT2D eigenvalue weighted by Gasteiger charge is 2.37. The summed E-state index contributed by atoms with van der Waals surface area (Å²) in [6.45, 7) is -2.23. The zero-order valence-electron chi connectivity index (χ0n) is 42.9. The summed E-state index contributed by atoms with van der Waals surface area (Å²) in [6, 6.07) is 19.9. The zero-order chi connectivity index (χ0) is 58.8. The third-order valence-corrected chi connectivity index (χ3v) is 14.5. The molecule has 0 spiro atoms. The van der Waals surface area contributed by atoms with Crippen molar-refractivity contribution in [2.75, 3.05) is 71.7 Å². The first-order chi connectivity index (χ1) is 37.9. The molecule has 0 aliphatic heterocycles. The Balaban J connectivity index is 1.17. The Morgan fingerprint density at radius 2 is 0.950 bits per heavy atom. The van der Waals surface area contributed by atoms with Crippen LogP contribution in [0.5, 0.6) is 11.5 Å². The van der Waals surface area contributed by atoms with Crippen molar-refractivity contribution in [3.05, 3.63) is 125 Å². The average molecular weight is 1160 g/mol. The van der Waals surface area contributed by atoms with Crippen molar-refractivity contribution in [1.29, 1.82) is 5.41 Å². The number of nitrogens with zero attached hydrogens (tertiary/aromatic N) is 3. The summed E-state index contributed by atoms with van der Waals surface area (Å²) >= 11 is 0. The van der Waals surface area contributed by atoms with Crippen LogP contribution in [0.15, 0.2) is 102 Å². The lowest BCUT2D eigenvalue weighted by Crippen LogP contribution is -2.51. The summed E-state index contributed by atoms with van der Waals surface area (Å²) in [7, 11) is -9.05. The molecule has 0 aromatic heterocycles. The van der Waals surface area contributed by atoms with E-state index >= 15 is 0 Å². The van der Waals surface area contributed by atoms with Gasteiger partial charge >= 0.3 is 35.8 Å². The molecule has 0 saturated carbocycles. The van der Waals surface area contributed by atoms with Crippen molar-refractivity contribution in [2.24, 2.45) is 22.2 Å². The van der Waals surface area contributed by atoms with E-state index in [4.69, 9.17) is 51.0 Å². The second-order valence-electron chi connectivity index (χ2n) is 17.0. The van der Waals surface area contributed by atoms with Gasteiger partial charge < -0.3 is 66.0 Å². The van der Waals surface area contributed by atoms with Gasteiger partial charge in [-0.25, -0.2) is 23.0 Å². The molecule has 0 radical (unpaired) electrons. The van der Waals surface area contributed by atoms with E-state index in [0.717, 1.165) is 5.56 Å². The highest BCUT2D eigenvalue weighted by Crippen LogP contribution is 2.21. The Hall–Kier alpha value is -7.94. The van der Waals surface area contributed by atoms with Crippen molar-refractivity contribution in [3.63, 3.8) is 0 Å². The van der Waals surface area contributed by atoms with Crippen LogP contribution in [-0.4, -0.2) is 177 Å². The minimum atomic E-state index is -4.65. The third-order valence-electron chi connectivity index (χ3n) is 11.0. The summed E-state index contributed by atoms with van der Waals surface area (Å²) < 4.78 is 89.7. The zero-order valence-corrected chi connectivity index (χ0v) is 44.6. The number of guanidine groups is 1. The maximum atomic E-state index is 13.5. The van der Waals surface area contributed by atoms with Crippen LogP contribution in [0.3, 0.4) is 0 Å². The van der Waals surface area contributed by atoms with Crippen molar-refractivity contribution in [2.45, 2.75) is 44.3 Å². The fraction of sp³-hybridized carbons (Fsp3) is 0.360. The van der Waals surface area contributed by atoms with Crippen LogP contribution in [0.4, 0.5) is 5.69 Å². The minimum absolute atomic E-state index is 0.0112. The molecule has 0 unspecified atom stereocenters. The largest absolute Gasteiger partial charge is 0.481 e. The Bertz CT molecular complexity index is 2980. The van der Waals surface area contributed by atoms with Crippen LogP contribution >= 0.6 is 0 Å². The van der Waals surface area contributed by atoms with E-state index in [1.165, 1.54) is 84.9 Å². The monoisotopic (exact) mass is 1160 g/mol. The van der Waals surface area contributed by atoms with Crippen LogP contribution in [-0.2, 0) is 77.7 Å². The van der Waals surface area contributed by atoms with Gasteiger partial charge in [0, 0.05) is 26.1 Å². The Labute approximate surface area is 459 Å². The molecule has 0 saturated heterocycles. The molecular weight excluding hydrogens is 1100 g/mol. The van der Waals surface area contributed by atoms with Crippen LogP contribution in [0.25, 0.3) is 0 Å². The second kappa shape index (κ2) is 32.2. The molecule has 0 bridgehead atoms. The van der Waals surface area contributed by atoms with Gasteiger partial charge in [-0.15, -0.1) is 0 Å². The smallest absolute Gasteiger partial charge is 0.343 e. The van der Waals surface area contributed by atoms with E-state index in [-0.39, 0.29) is 107 Å². The van der Waals surface area contributed by atoms with Crippen molar-refractivity contribution in [3.8, 4) is 11.5 Å². The van der Waals surface area contributed by atoms with Gasteiger partial charge in [-0.1, -0.05) is 36.4 Å². The number of sulfonamides is 1. The maximum Gasteiger partial charge on any atom is 0.343 e. The topological polar surface area (TPSA) is 440 Å². The Morgan fingerprint density at radius 3 is 1.38 bits per heavy atom. The molecule has 80 heavy (non-hydrogen) atoms. The number of nitrogens with two attached hydrogens (primary N) is 3. The van der Waals surface area contributed by atoms with E-state index in [1.54, 1.807) is 12.1 Å². The molecule has 434 valence electrons. The van der Waals surface area contributed by atoms with E-state index in [9.17, 15) is 66.0 Å². The SMILES string of the molecule is N=C(N)Cc1ccc(C(=O)Oc2ccc(CCS(=O)(=O)N(CCOCCOCCOCCOCCN([C@@H](CC(=O)O)C(=O)O)S(=O)(=O)NCc3ccc(OC(=O)c4ccc(N=C(N)N)cc4)cc3)[C@@H](CC(=O)O)C(=O)O)cc2)cc1. The lowest BCUT2D eigenvalue weighted by molar-refractivity contribution is -0.148. The number of rotatable bonds is 38. The number of nitrogens with one attached hydrogen (secondary N) is 2. The Kier molecular flexibility index (Phi) is 26.0. The van der Waals surface area contributed by atoms with Crippen molar-refractivity contribution in [1.82, 2.24) is 13.3 Å². The number of aliphatic imine (C=N–C) groups is 1. The van der Waals surface area contributed by atoms with Crippen molar-refractivity contribution >= 4 is 73.5 Å². The second-order valence-corrected chi connectivity index (χ2v) is 20.8. The minimum Gasteiger partial charge on any atom is -0.481 e. The summed E-state index contributed by atoms with van der Waals surface area (Å²) in [6.07, 6.45) is -1.98. The molecule has 30 heteroatoms. The first-order valence-electron chi connectivity index (χ1n) is 24.1. The molecule has 28 nitrogen and oxygen atoms in total. The number of aryl methyl sites for hydroxylation is 1. The summed E-state index contributed by atoms with van der Waals surface area (Å²) in [4.78, 5) is 76.4. The number of hydrogen-bond acceptors (Lipinski definition) is 18. The van der Waals surface area contributed by atoms with Crippen LogP contribution in [0, 0.1) is 5.41 Å². The molecule has 4 aromatic rings. The highest BCUT2D eigenvalue weighted by molar-refractivity contribution is 7.89. The fourth-order valence-corrected chi connectivity index (χ4v) is 10.1. The lowest BCUT2D eigenvalue weighted by atomic mass is 10.1. The molecule has 0 heterocycles. The molecule has 0 aliphatic rings. The normalized spacial score (nSPS) is 12.3. The summed E-state index contributed by atoms with van der Waals surface area (Å²) in [5, 5.41) is 45.8. The molecule has 0 fully saturated rings. The first kappa shape index (κ1) is 64.6. The number of hydrogen-bond donors (Lipinski definition) is 9. The molecular formula is C50H62N8O20S2. The number of carbonyl (C=O) groups is 6. The predicted octanol–water partition coefficient (Wildman–Crippen LogP) is 0.941. The number of ether oxygens (including phenoxy) is 6. The first-order valence-corrected chi connectivity index (χ1v) is 27.2. The van der Waals surface area contributed by atoms with E-state index in [2.05, 4.69) is 9.71 Å². The summed E-state index contributed by atoms with van der Waals surface area (Å²) in [5.74, 6) is -8.38. The van der Waals surface area contributed by atoms with Crippen LogP contribution < -0.4 is 31.4 Å². The third kappa shape index (κ3) is 22.8. The van der Waals surface area contributed by atoms with Gasteiger partial charge in [0.25, 0.3) is 10.2 Å². The number of carboxylic acids is 4. The van der Waals surface area contributed by atoms with Gasteiger partial charge in [0.05, 0.1) is 94.1 Å². The number of aliphatic carboxylic acids is 4.